The zero-order chi connectivity index (χ0) is 22.4. The van der Waals surface area contributed by atoms with Crippen LogP contribution in [0.3, 0.4) is 0 Å². The van der Waals surface area contributed by atoms with Crippen molar-refractivity contribution in [1.82, 2.24) is 15.0 Å². The largest absolute Gasteiger partial charge is 0.598 e. The third kappa shape index (κ3) is 4.75. The van der Waals surface area contributed by atoms with Gasteiger partial charge in [0.25, 0.3) is 0 Å². The van der Waals surface area contributed by atoms with E-state index in [9.17, 15) is 8.94 Å². The van der Waals surface area contributed by atoms with Crippen molar-refractivity contribution in [2.45, 2.75) is 57.4 Å². The van der Waals surface area contributed by atoms with Gasteiger partial charge in [0.15, 0.2) is 0 Å². The number of rotatable bonds is 7. The second-order valence-corrected chi connectivity index (χ2v) is 11.8. The van der Waals surface area contributed by atoms with E-state index in [0.717, 1.165) is 36.3 Å². The van der Waals surface area contributed by atoms with Crippen molar-refractivity contribution in [1.29, 1.82) is 0 Å². The predicted molar refractivity (Wildman–Crippen MR) is 123 cm³/mol. The summed E-state index contributed by atoms with van der Waals surface area (Å²) < 4.78 is 35.6. The van der Waals surface area contributed by atoms with Gasteiger partial charge in [0, 0.05) is 47.9 Å². The molecule has 0 radical (unpaired) electrons. The number of aromatic nitrogens is 1. The molecule has 2 aromatic rings. The maximum Gasteiger partial charge on any atom is 0.214 e. The summed E-state index contributed by atoms with van der Waals surface area (Å²) in [6.45, 7) is 12.0. The fourth-order valence-electron chi connectivity index (χ4n) is 4.02. The van der Waals surface area contributed by atoms with E-state index in [1.807, 2.05) is 32.9 Å². The molecule has 1 aliphatic carbocycles. The minimum atomic E-state index is -1.24. The number of fused-ring (bicyclic) bond motifs is 1. The molecule has 1 aliphatic heterocycles. The maximum absolute atomic E-state index is 13.5. The molecule has 0 bridgehead atoms. The summed E-state index contributed by atoms with van der Waals surface area (Å²) in [5, 5.41) is 3.38. The van der Waals surface area contributed by atoms with Crippen molar-refractivity contribution in [3.63, 3.8) is 0 Å². The monoisotopic (exact) mass is 445 g/mol. The Hall–Kier alpha value is -1.67. The Morgan fingerprint density at radius 2 is 1.81 bits per heavy atom. The normalized spacial score (nSPS) is 25.6. The molecule has 7 heteroatoms. The Bertz CT molecular complexity index is 923. The first-order chi connectivity index (χ1) is 14.6. The molecule has 2 unspecified atom stereocenters. The molecule has 31 heavy (non-hydrogen) atoms. The molecule has 1 saturated heterocycles. The summed E-state index contributed by atoms with van der Waals surface area (Å²) in [7, 11) is 0. The van der Waals surface area contributed by atoms with Crippen LogP contribution in [0, 0.1) is 17.7 Å². The second kappa shape index (κ2) is 8.35. The van der Waals surface area contributed by atoms with Crippen molar-refractivity contribution in [2.75, 3.05) is 13.1 Å². The Morgan fingerprint density at radius 3 is 2.39 bits per heavy atom. The number of nitrogens with one attached hydrogen (secondary N) is 2. The lowest BCUT2D eigenvalue weighted by Crippen LogP contribution is -2.49. The van der Waals surface area contributed by atoms with Crippen molar-refractivity contribution in [3.8, 4) is 17.1 Å². The number of pyridine rings is 1. The van der Waals surface area contributed by atoms with Gasteiger partial charge in [-0.1, -0.05) is 6.92 Å². The third-order valence-electron chi connectivity index (χ3n) is 6.43. The zero-order valence-electron chi connectivity index (χ0n) is 18.9. The van der Waals surface area contributed by atoms with E-state index in [1.54, 1.807) is 12.1 Å². The van der Waals surface area contributed by atoms with Gasteiger partial charge in [0.05, 0.1) is 11.2 Å². The lowest BCUT2D eigenvalue weighted by atomic mass is 9.90. The molecule has 4 rings (SSSR count). The second-order valence-electron chi connectivity index (χ2n) is 9.82. The van der Waals surface area contributed by atoms with E-state index in [0.29, 0.717) is 17.7 Å². The highest BCUT2D eigenvalue weighted by Gasteiger charge is 2.55. The van der Waals surface area contributed by atoms with Crippen LogP contribution in [0.4, 0.5) is 4.39 Å². The van der Waals surface area contributed by atoms with Crippen LogP contribution in [-0.2, 0) is 16.9 Å². The first-order valence-corrected chi connectivity index (χ1v) is 12.1. The van der Waals surface area contributed by atoms with Crippen molar-refractivity contribution >= 4 is 11.4 Å². The van der Waals surface area contributed by atoms with E-state index >= 15 is 0 Å². The Labute approximate surface area is 187 Å². The lowest BCUT2D eigenvalue weighted by Gasteiger charge is -2.35. The zero-order valence-corrected chi connectivity index (χ0v) is 19.7. The Balaban J connectivity index is 1.70. The SMILES string of the molecule is CCC(C)(N[S+]([O-])C(C)(C)C)c1cc(O[C@@H]2[C@@H]3CNC[C@@H]32)nc(-c2ccc(F)cc2)c1. The fourth-order valence-corrected chi connectivity index (χ4v) is 5.00. The number of hydrogen-bond donors (Lipinski definition) is 2. The molecule has 0 spiro atoms. The van der Waals surface area contributed by atoms with Crippen LogP contribution < -0.4 is 14.8 Å². The van der Waals surface area contributed by atoms with Crippen LogP contribution in [-0.4, -0.2) is 33.5 Å². The topological polar surface area (TPSA) is 69.2 Å². The van der Waals surface area contributed by atoms with Crippen LogP contribution >= 0.6 is 0 Å². The van der Waals surface area contributed by atoms with Crippen molar-refractivity contribution in [3.05, 3.63) is 47.8 Å². The quantitative estimate of drug-likeness (QED) is 0.627. The van der Waals surface area contributed by atoms with Gasteiger partial charge in [0.2, 0.25) is 5.88 Å². The molecular weight excluding hydrogens is 413 g/mol. The van der Waals surface area contributed by atoms with Crippen LogP contribution in [0.25, 0.3) is 11.3 Å². The number of nitrogens with zero attached hydrogens (tertiary/aromatic N) is 1. The van der Waals surface area contributed by atoms with Gasteiger partial charge in [0.1, 0.15) is 16.7 Å². The molecule has 5 atom stereocenters. The predicted octanol–water partition coefficient (Wildman–Crippen LogP) is 4.16. The van der Waals surface area contributed by atoms with Gasteiger partial charge in [-0.25, -0.2) is 9.37 Å². The highest BCUT2D eigenvalue weighted by Crippen LogP contribution is 2.45. The molecule has 2 N–H and O–H groups in total. The maximum atomic E-state index is 13.5. The van der Waals surface area contributed by atoms with Gasteiger partial charge in [-0.05, 0) is 70.0 Å². The van der Waals surface area contributed by atoms with Crippen LogP contribution in [0.2, 0.25) is 0 Å². The minimum Gasteiger partial charge on any atom is -0.598 e. The van der Waals surface area contributed by atoms with Gasteiger partial charge in [-0.15, -0.1) is 4.72 Å². The molecule has 2 heterocycles. The first kappa shape index (κ1) is 22.5. The first-order valence-electron chi connectivity index (χ1n) is 11.0. The summed E-state index contributed by atoms with van der Waals surface area (Å²) in [5.74, 6) is 1.38. The summed E-state index contributed by atoms with van der Waals surface area (Å²) in [5.41, 5.74) is 1.97. The van der Waals surface area contributed by atoms with Gasteiger partial charge in [-0.3, -0.25) is 0 Å². The average Bonchev–Trinajstić information content (AvgIpc) is 3.13. The van der Waals surface area contributed by atoms with E-state index in [-0.39, 0.29) is 16.7 Å². The highest BCUT2D eigenvalue weighted by atomic mass is 32.2. The summed E-state index contributed by atoms with van der Waals surface area (Å²) in [6, 6.07) is 10.3. The molecule has 1 aromatic heterocycles. The van der Waals surface area contributed by atoms with Crippen LogP contribution in [0.15, 0.2) is 36.4 Å². The van der Waals surface area contributed by atoms with E-state index < -0.39 is 16.9 Å². The van der Waals surface area contributed by atoms with Crippen molar-refractivity contribution in [2.24, 2.45) is 11.8 Å². The van der Waals surface area contributed by atoms with Crippen molar-refractivity contribution < 1.29 is 13.7 Å². The molecule has 168 valence electrons. The number of halogens is 1. The average molecular weight is 446 g/mol. The van der Waals surface area contributed by atoms with Crippen LogP contribution in [0.1, 0.15) is 46.6 Å². The smallest absolute Gasteiger partial charge is 0.214 e. The Kier molecular flexibility index (Phi) is 6.07. The lowest BCUT2D eigenvalue weighted by molar-refractivity contribution is 0.251. The Morgan fingerprint density at radius 1 is 1.16 bits per heavy atom. The number of ether oxygens (including phenoxy) is 1. The third-order valence-corrected chi connectivity index (χ3v) is 8.18. The summed E-state index contributed by atoms with van der Waals surface area (Å²) in [6.07, 6.45) is 0.925. The highest BCUT2D eigenvalue weighted by molar-refractivity contribution is 7.90. The number of piperidine rings is 1. The fraction of sp³-hybridized carbons (Fsp3) is 0.542. The van der Waals surface area contributed by atoms with E-state index in [4.69, 9.17) is 9.72 Å². The molecule has 5 nitrogen and oxygen atoms in total. The van der Waals surface area contributed by atoms with E-state index in [2.05, 4.69) is 23.9 Å². The van der Waals surface area contributed by atoms with E-state index in [1.165, 1.54) is 12.1 Å². The minimum absolute atomic E-state index is 0.189. The standard InChI is InChI=1S/C24H32FN3O2S/c1-6-24(5,28-31(29)23(2,3)4)16-11-20(15-7-9-17(25)10-8-15)27-21(12-16)30-22-18-13-26-14-19(18)22/h7-12,18-19,22,26,28H,6,13-14H2,1-5H3/t18-,19+,22-,24?,31?. The molecule has 2 fully saturated rings. The molecular formula is C24H32FN3O2S. The van der Waals surface area contributed by atoms with Gasteiger partial charge >= 0.3 is 0 Å². The van der Waals surface area contributed by atoms with Gasteiger partial charge < -0.3 is 14.6 Å². The molecule has 2 aliphatic rings. The van der Waals surface area contributed by atoms with Crippen LogP contribution in [0.5, 0.6) is 5.88 Å². The molecule has 0 amide bonds. The van der Waals surface area contributed by atoms with Gasteiger partial charge in [-0.2, -0.15) is 0 Å². The number of hydrogen-bond acceptors (Lipinski definition) is 5. The molecule has 1 saturated carbocycles. The molecule has 1 aromatic carbocycles. The number of benzene rings is 1. The summed E-state index contributed by atoms with van der Waals surface area (Å²) >= 11 is -1.24. The summed E-state index contributed by atoms with van der Waals surface area (Å²) in [4.78, 5) is 4.75.